The molecule has 1 saturated heterocycles. The number of ether oxygens (including phenoxy) is 2. The van der Waals surface area contributed by atoms with Crippen molar-refractivity contribution in [1.29, 1.82) is 0 Å². The number of hydrogen-bond donors (Lipinski definition) is 2. The number of anilines is 2. The molecule has 1 aliphatic heterocycles. The third-order valence-corrected chi connectivity index (χ3v) is 5.44. The second-order valence-electron chi connectivity index (χ2n) is 8.52. The summed E-state index contributed by atoms with van der Waals surface area (Å²) in [6.07, 6.45) is 4.07. The zero-order valence-corrected chi connectivity index (χ0v) is 19.3. The summed E-state index contributed by atoms with van der Waals surface area (Å²) in [5.41, 5.74) is 1.32. The largest absolute Gasteiger partial charge is 0.491 e. The van der Waals surface area contributed by atoms with Gasteiger partial charge in [0.15, 0.2) is 5.82 Å². The number of benzene rings is 1. The van der Waals surface area contributed by atoms with Crippen molar-refractivity contribution in [3.05, 3.63) is 42.4 Å². The van der Waals surface area contributed by atoms with E-state index in [0.29, 0.717) is 39.3 Å². The van der Waals surface area contributed by atoms with Crippen molar-refractivity contribution < 1.29 is 19.7 Å². The Labute approximate surface area is 190 Å². The van der Waals surface area contributed by atoms with E-state index in [0.717, 1.165) is 35.9 Å². The maximum absolute atomic E-state index is 11.2. The molecule has 2 heterocycles. The number of hydrogen-bond acceptors (Lipinski definition) is 9. The standard InChI is InChI=1S/C23H35N5O4/c1-26(2)22-21(14-24-18-25-22)28-9-8-23(30,17-28)16-27(3)15-19-4-6-20(7-5-19)32-13-12-31-11-10-29/h4-7,14,18,29-30H,8-13,15-17H2,1-3H3. The van der Waals surface area contributed by atoms with Crippen LogP contribution in [0.4, 0.5) is 11.5 Å². The lowest BCUT2D eigenvalue weighted by Gasteiger charge is -2.30. The number of aliphatic hydroxyl groups excluding tert-OH is 1. The van der Waals surface area contributed by atoms with Crippen molar-refractivity contribution in [3.63, 3.8) is 0 Å². The Morgan fingerprint density at radius 1 is 1.12 bits per heavy atom. The predicted octanol–water partition coefficient (Wildman–Crippen LogP) is 1.00. The lowest BCUT2D eigenvalue weighted by atomic mass is 10.0. The van der Waals surface area contributed by atoms with Gasteiger partial charge in [-0.05, 0) is 31.2 Å². The van der Waals surface area contributed by atoms with Crippen LogP contribution in [0, 0.1) is 0 Å². The number of aliphatic hydroxyl groups is 2. The molecule has 9 nitrogen and oxygen atoms in total. The van der Waals surface area contributed by atoms with Crippen LogP contribution < -0.4 is 14.5 Å². The molecule has 176 valence electrons. The van der Waals surface area contributed by atoms with Gasteiger partial charge in [0, 0.05) is 40.3 Å². The molecule has 0 radical (unpaired) electrons. The molecule has 0 saturated carbocycles. The van der Waals surface area contributed by atoms with E-state index < -0.39 is 5.60 Å². The first kappa shape index (κ1) is 24.2. The first-order valence-electron chi connectivity index (χ1n) is 10.9. The summed E-state index contributed by atoms with van der Waals surface area (Å²) in [6, 6.07) is 7.96. The molecule has 1 fully saturated rings. The minimum Gasteiger partial charge on any atom is -0.491 e. The summed E-state index contributed by atoms with van der Waals surface area (Å²) in [5, 5.41) is 19.9. The molecule has 0 aliphatic carbocycles. The molecule has 1 unspecified atom stereocenters. The number of nitrogens with zero attached hydrogens (tertiary/aromatic N) is 5. The SMILES string of the molecule is CN(Cc1ccc(OCCOCCO)cc1)CC1(O)CCN(c2cncnc2N(C)C)C1. The fraction of sp³-hybridized carbons (Fsp3) is 0.565. The van der Waals surface area contributed by atoms with Gasteiger partial charge in [-0.2, -0.15) is 0 Å². The van der Waals surface area contributed by atoms with E-state index in [4.69, 9.17) is 14.6 Å². The van der Waals surface area contributed by atoms with Crippen molar-refractivity contribution in [3.8, 4) is 5.75 Å². The van der Waals surface area contributed by atoms with Crippen LogP contribution in [0.5, 0.6) is 5.75 Å². The number of rotatable bonds is 12. The zero-order chi connectivity index (χ0) is 23.0. The van der Waals surface area contributed by atoms with E-state index in [2.05, 4.69) is 19.8 Å². The Morgan fingerprint density at radius 3 is 2.62 bits per heavy atom. The quantitative estimate of drug-likeness (QED) is 0.464. The van der Waals surface area contributed by atoms with Crippen LogP contribution in [0.15, 0.2) is 36.8 Å². The molecule has 2 N–H and O–H groups in total. The molecule has 3 rings (SSSR count). The minimum absolute atomic E-state index is 0.0210. The third-order valence-electron chi connectivity index (χ3n) is 5.44. The highest BCUT2D eigenvalue weighted by Gasteiger charge is 2.38. The van der Waals surface area contributed by atoms with Gasteiger partial charge >= 0.3 is 0 Å². The lowest BCUT2D eigenvalue weighted by Crippen LogP contribution is -2.43. The van der Waals surface area contributed by atoms with E-state index in [1.807, 2.05) is 56.5 Å². The Morgan fingerprint density at radius 2 is 1.91 bits per heavy atom. The molecule has 32 heavy (non-hydrogen) atoms. The number of likely N-dealkylation sites (N-methyl/N-ethyl adjacent to an activating group) is 1. The van der Waals surface area contributed by atoms with Gasteiger partial charge in [-0.1, -0.05) is 12.1 Å². The van der Waals surface area contributed by atoms with Crippen LogP contribution in [-0.4, -0.2) is 97.9 Å². The van der Waals surface area contributed by atoms with Crippen molar-refractivity contribution in [2.24, 2.45) is 0 Å². The predicted molar refractivity (Wildman–Crippen MR) is 124 cm³/mol. The summed E-state index contributed by atoms with van der Waals surface area (Å²) in [5.74, 6) is 1.65. The highest BCUT2D eigenvalue weighted by Crippen LogP contribution is 2.32. The van der Waals surface area contributed by atoms with Crippen LogP contribution in [0.2, 0.25) is 0 Å². The average Bonchev–Trinajstić information content (AvgIpc) is 3.16. The Hall–Kier alpha value is -2.46. The maximum atomic E-state index is 11.2. The van der Waals surface area contributed by atoms with E-state index >= 15 is 0 Å². The summed E-state index contributed by atoms with van der Waals surface area (Å²) < 4.78 is 10.8. The molecule has 1 atom stereocenters. The van der Waals surface area contributed by atoms with E-state index in [-0.39, 0.29) is 6.61 Å². The maximum Gasteiger partial charge on any atom is 0.155 e. The molecular formula is C23H35N5O4. The van der Waals surface area contributed by atoms with E-state index in [1.54, 1.807) is 6.33 Å². The summed E-state index contributed by atoms with van der Waals surface area (Å²) in [4.78, 5) is 14.8. The smallest absolute Gasteiger partial charge is 0.155 e. The van der Waals surface area contributed by atoms with Crippen LogP contribution in [0.1, 0.15) is 12.0 Å². The Kier molecular flexibility index (Phi) is 8.63. The van der Waals surface area contributed by atoms with Gasteiger partial charge in [0.2, 0.25) is 0 Å². The molecule has 0 bridgehead atoms. The second-order valence-corrected chi connectivity index (χ2v) is 8.52. The van der Waals surface area contributed by atoms with Gasteiger partial charge in [0.05, 0.1) is 37.3 Å². The first-order chi connectivity index (χ1) is 15.4. The fourth-order valence-corrected chi connectivity index (χ4v) is 4.02. The monoisotopic (exact) mass is 445 g/mol. The van der Waals surface area contributed by atoms with Gasteiger partial charge in [0.1, 0.15) is 18.7 Å². The molecule has 1 aromatic carbocycles. The van der Waals surface area contributed by atoms with Gasteiger partial charge in [-0.25, -0.2) is 9.97 Å². The summed E-state index contributed by atoms with van der Waals surface area (Å²) in [7, 11) is 5.95. The third kappa shape index (κ3) is 6.77. The average molecular weight is 446 g/mol. The summed E-state index contributed by atoms with van der Waals surface area (Å²) >= 11 is 0. The topological polar surface area (TPSA) is 94.4 Å². The van der Waals surface area contributed by atoms with E-state index in [1.165, 1.54) is 0 Å². The van der Waals surface area contributed by atoms with Crippen LogP contribution in [0.25, 0.3) is 0 Å². The Balaban J connectivity index is 1.49. The van der Waals surface area contributed by atoms with Crippen molar-refractivity contribution >= 4 is 11.5 Å². The highest BCUT2D eigenvalue weighted by molar-refractivity contribution is 5.66. The van der Waals surface area contributed by atoms with Crippen molar-refractivity contribution in [2.75, 3.05) is 77.0 Å². The molecule has 9 heteroatoms. The van der Waals surface area contributed by atoms with Gasteiger partial charge in [-0.3, -0.25) is 4.90 Å². The molecule has 2 aromatic rings. The normalized spacial score (nSPS) is 18.4. The molecular weight excluding hydrogens is 410 g/mol. The van der Waals surface area contributed by atoms with E-state index in [9.17, 15) is 5.11 Å². The molecule has 0 spiro atoms. The fourth-order valence-electron chi connectivity index (χ4n) is 4.02. The number of β-amino-alcohol motifs (C(OH)–C–C–N with tert-alkyl or cyclic N) is 1. The van der Waals surface area contributed by atoms with Crippen molar-refractivity contribution in [2.45, 2.75) is 18.6 Å². The van der Waals surface area contributed by atoms with Gasteiger partial charge in [0.25, 0.3) is 0 Å². The van der Waals surface area contributed by atoms with Gasteiger partial charge in [-0.15, -0.1) is 0 Å². The van der Waals surface area contributed by atoms with Crippen LogP contribution in [0.3, 0.4) is 0 Å². The second kappa shape index (κ2) is 11.4. The Bertz CT molecular complexity index is 835. The number of aromatic nitrogens is 2. The van der Waals surface area contributed by atoms with Crippen LogP contribution in [-0.2, 0) is 11.3 Å². The zero-order valence-electron chi connectivity index (χ0n) is 19.3. The van der Waals surface area contributed by atoms with Crippen molar-refractivity contribution in [1.82, 2.24) is 14.9 Å². The molecule has 1 aliphatic rings. The molecule has 1 aromatic heterocycles. The van der Waals surface area contributed by atoms with Crippen LogP contribution >= 0.6 is 0 Å². The summed E-state index contributed by atoms with van der Waals surface area (Å²) in [6.45, 7) is 3.89. The minimum atomic E-state index is -0.786. The molecule has 0 amide bonds. The highest BCUT2D eigenvalue weighted by atomic mass is 16.5. The van der Waals surface area contributed by atoms with Gasteiger partial charge < -0.3 is 29.5 Å². The lowest BCUT2D eigenvalue weighted by molar-refractivity contribution is 0.0279. The first-order valence-corrected chi connectivity index (χ1v) is 10.9.